The van der Waals surface area contributed by atoms with Gasteiger partial charge in [0.2, 0.25) is 15.9 Å². The lowest BCUT2D eigenvalue weighted by molar-refractivity contribution is -0.121. The van der Waals surface area contributed by atoms with E-state index in [0.717, 1.165) is 24.6 Å². The van der Waals surface area contributed by atoms with Gasteiger partial charge in [-0.25, -0.2) is 12.8 Å². The summed E-state index contributed by atoms with van der Waals surface area (Å²) < 4.78 is 41.0. The summed E-state index contributed by atoms with van der Waals surface area (Å²) in [7, 11) is -4.04. The zero-order chi connectivity index (χ0) is 21.7. The van der Waals surface area contributed by atoms with E-state index in [1.165, 1.54) is 4.31 Å². The van der Waals surface area contributed by atoms with Crippen molar-refractivity contribution in [2.75, 3.05) is 13.1 Å². The quantitative estimate of drug-likeness (QED) is 0.680. The van der Waals surface area contributed by atoms with E-state index in [2.05, 4.69) is 10.9 Å². The molecule has 0 unspecified atom stereocenters. The molecule has 160 valence electrons. The number of hydrogen-bond donors (Lipinski definition) is 2. The number of rotatable bonds is 5. The molecule has 0 saturated carbocycles. The Kier molecular flexibility index (Phi) is 7.06. The Morgan fingerprint density at radius 2 is 1.67 bits per heavy atom. The molecule has 1 fully saturated rings. The Morgan fingerprint density at radius 3 is 2.33 bits per heavy atom. The highest BCUT2D eigenvalue weighted by molar-refractivity contribution is 7.89. The average molecular weight is 454 g/mol. The zero-order valence-corrected chi connectivity index (χ0v) is 17.6. The van der Waals surface area contributed by atoms with Gasteiger partial charge in [-0.3, -0.25) is 20.4 Å². The van der Waals surface area contributed by atoms with Gasteiger partial charge < -0.3 is 0 Å². The molecule has 2 amide bonds. The Labute approximate surface area is 179 Å². The molecule has 2 N–H and O–H groups in total. The highest BCUT2D eigenvalue weighted by atomic mass is 35.5. The van der Waals surface area contributed by atoms with Crippen molar-refractivity contribution in [3.63, 3.8) is 0 Å². The summed E-state index contributed by atoms with van der Waals surface area (Å²) in [6.07, 6.45) is 2.35. The summed E-state index contributed by atoms with van der Waals surface area (Å²) in [5.74, 6) is -2.16. The summed E-state index contributed by atoms with van der Waals surface area (Å²) in [6.45, 7) is 0.637. The minimum Gasteiger partial charge on any atom is -0.273 e. The van der Waals surface area contributed by atoms with Crippen LogP contribution in [0.2, 0.25) is 5.02 Å². The monoisotopic (exact) mass is 453 g/mol. The van der Waals surface area contributed by atoms with Gasteiger partial charge in [0.25, 0.3) is 5.91 Å². The minimum atomic E-state index is -4.04. The second kappa shape index (κ2) is 9.55. The minimum absolute atomic E-state index is 0.00938. The van der Waals surface area contributed by atoms with Crippen LogP contribution in [-0.2, 0) is 21.2 Å². The number of sulfonamides is 1. The van der Waals surface area contributed by atoms with Crippen LogP contribution in [0.25, 0.3) is 0 Å². The van der Waals surface area contributed by atoms with Gasteiger partial charge in [-0.1, -0.05) is 30.2 Å². The molecular weight excluding hydrogens is 433 g/mol. The molecule has 0 bridgehead atoms. The van der Waals surface area contributed by atoms with Crippen molar-refractivity contribution < 1.29 is 22.4 Å². The van der Waals surface area contributed by atoms with Gasteiger partial charge in [-0.05, 0) is 48.7 Å². The number of hydrazine groups is 1. The van der Waals surface area contributed by atoms with Crippen LogP contribution in [-0.4, -0.2) is 37.6 Å². The number of carbonyl (C=O) groups excluding carboxylic acids is 2. The van der Waals surface area contributed by atoms with Crippen molar-refractivity contribution in [3.05, 3.63) is 64.4 Å². The highest BCUT2D eigenvalue weighted by Gasteiger charge is 2.29. The normalized spacial score (nSPS) is 14.9. The number of hydrogen-bond acceptors (Lipinski definition) is 4. The molecule has 10 heteroatoms. The molecule has 2 aromatic rings. The van der Waals surface area contributed by atoms with Crippen molar-refractivity contribution in [2.24, 2.45) is 0 Å². The number of amides is 2. The van der Waals surface area contributed by atoms with Crippen LogP contribution in [0.1, 0.15) is 35.2 Å². The molecule has 3 rings (SSSR count). The van der Waals surface area contributed by atoms with Gasteiger partial charge in [0, 0.05) is 23.7 Å². The van der Waals surface area contributed by atoms with Crippen LogP contribution in [0.15, 0.2) is 47.4 Å². The van der Waals surface area contributed by atoms with Gasteiger partial charge in [-0.15, -0.1) is 0 Å². The lowest BCUT2D eigenvalue weighted by atomic mass is 10.1. The number of nitrogens with one attached hydrogen (secondary N) is 2. The fourth-order valence-corrected chi connectivity index (χ4v) is 4.85. The number of nitrogens with zero attached hydrogens (tertiary/aromatic N) is 1. The molecule has 1 saturated heterocycles. The Hall–Kier alpha value is -2.49. The number of piperidine rings is 1. The maximum atomic E-state index is 14.3. The van der Waals surface area contributed by atoms with E-state index in [4.69, 9.17) is 11.6 Å². The SMILES string of the molecule is O=C(Cc1ccc(Cl)cc1)NNC(=O)c1ccc(F)c(S(=O)(=O)N2CCCCC2)c1. The molecule has 0 atom stereocenters. The summed E-state index contributed by atoms with van der Waals surface area (Å²) in [5.41, 5.74) is 5.08. The fraction of sp³-hybridized carbons (Fsp3) is 0.300. The van der Waals surface area contributed by atoms with E-state index in [-0.39, 0.29) is 12.0 Å². The van der Waals surface area contributed by atoms with Crippen LogP contribution in [0.3, 0.4) is 0 Å². The molecule has 30 heavy (non-hydrogen) atoms. The fourth-order valence-electron chi connectivity index (χ4n) is 3.12. The Balaban J connectivity index is 1.67. The van der Waals surface area contributed by atoms with Gasteiger partial charge >= 0.3 is 0 Å². The number of benzene rings is 2. The lowest BCUT2D eigenvalue weighted by Gasteiger charge is -2.26. The van der Waals surface area contributed by atoms with E-state index in [1.807, 2.05) is 0 Å². The average Bonchev–Trinajstić information content (AvgIpc) is 2.74. The first kappa shape index (κ1) is 22.2. The second-order valence-corrected chi connectivity index (χ2v) is 9.26. The van der Waals surface area contributed by atoms with Crippen LogP contribution in [0, 0.1) is 5.82 Å². The van der Waals surface area contributed by atoms with Crippen molar-refractivity contribution in [1.29, 1.82) is 0 Å². The van der Waals surface area contributed by atoms with Gasteiger partial charge in [0.1, 0.15) is 10.7 Å². The molecule has 0 radical (unpaired) electrons. The smallest absolute Gasteiger partial charge is 0.269 e. The first-order chi connectivity index (χ1) is 14.3. The zero-order valence-electron chi connectivity index (χ0n) is 16.0. The Bertz CT molecular complexity index is 1040. The van der Waals surface area contributed by atoms with Crippen molar-refractivity contribution in [1.82, 2.24) is 15.2 Å². The third-order valence-electron chi connectivity index (χ3n) is 4.72. The summed E-state index contributed by atoms with van der Waals surface area (Å²) >= 11 is 5.79. The van der Waals surface area contributed by atoms with Crippen LogP contribution in [0.4, 0.5) is 4.39 Å². The van der Waals surface area contributed by atoms with E-state index in [9.17, 15) is 22.4 Å². The van der Waals surface area contributed by atoms with E-state index >= 15 is 0 Å². The summed E-state index contributed by atoms with van der Waals surface area (Å²) in [4.78, 5) is 23.8. The summed E-state index contributed by atoms with van der Waals surface area (Å²) in [6, 6.07) is 9.73. The molecular formula is C20H21ClFN3O4S. The van der Waals surface area contributed by atoms with Gasteiger partial charge in [-0.2, -0.15) is 4.31 Å². The van der Waals surface area contributed by atoms with Crippen LogP contribution >= 0.6 is 11.6 Å². The van der Waals surface area contributed by atoms with Crippen LogP contribution in [0.5, 0.6) is 0 Å². The molecule has 0 aliphatic carbocycles. The van der Waals surface area contributed by atoms with Gasteiger partial charge in [0.15, 0.2) is 0 Å². The predicted octanol–water partition coefficient (Wildman–Crippen LogP) is 2.66. The molecule has 7 nitrogen and oxygen atoms in total. The molecule has 1 aliphatic heterocycles. The van der Waals surface area contributed by atoms with E-state index in [1.54, 1.807) is 24.3 Å². The molecule has 2 aromatic carbocycles. The molecule has 0 spiro atoms. The maximum Gasteiger partial charge on any atom is 0.269 e. The summed E-state index contributed by atoms with van der Waals surface area (Å²) in [5, 5.41) is 0.541. The topological polar surface area (TPSA) is 95.6 Å². The first-order valence-electron chi connectivity index (χ1n) is 9.41. The predicted molar refractivity (Wildman–Crippen MR) is 110 cm³/mol. The van der Waals surface area contributed by atoms with E-state index < -0.39 is 32.6 Å². The number of carbonyl (C=O) groups is 2. The largest absolute Gasteiger partial charge is 0.273 e. The molecule has 1 aliphatic rings. The van der Waals surface area contributed by atoms with E-state index in [0.29, 0.717) is 36.5 Å². The molecule has 0 aromatic heterocycles. The Morgan fingerprint density at radius 1 is 1.00 bits per heavy atom. The van der Waals surface area contributed by atoms with Crippen molar-refractivity contribution in [2.45, 2.75) is 30.6 Å². The highest BCUT2D eigenvalue weighted by Crippen LogP contribution is 2.24. The van der Waals surface area contributed by atoms with Gasteiger partial charge in [0.05, 0.1) is 6.42 Å². The molecule has 1 heterocycles. The van der Waals surface area contributed by atoms with Crippen molar-refractivity contribution >= 4 is 33.4 Å². The number of halogens is 2. The standard InChI is InChI=1S/C20H21ClFN3O4S/c21-16-7-4-14(5-8-16)12-19(26)23-24-20(27)15-6-9-17(22)18(13-15)30(28,29)25-10-2-1-3-11-25/h4-9,13H,1-3,10-12H2,(H,23,26)(H,24,27). The third-order valence-corrected chi connectivity index (χ3v) is 6.89. The first-order valence-corrected chi connectivity index (χ1v) is 11.2. The maximum absolute atomic E-state index is 14.3. The second-order valence-electron chi connectivity index (χ2n) is 6.92. The van der Waals surface area contributed by atoms with Crippen LogP contribution < -0.4 is 10.9 Å². The third kappa shape index (κ3) is 5.35. The lowest BCUT2D eigenvalue weighted by Crippen LogP contribution is -2.42. The van der Waals surface area contributed by atoms with Crippen molar-refractivity contribution in [3.8, 4) is 0 Å².